The minimum Gasteiger partial charge on any atom is -0.481 e. The molecule has 4 rings (SSSR count). The third-order valence-corrected chi connectivity index (χ3v) is 8.52. The standard InChI is InChI=1S/C26H29F3N4O5S/c1-15(34)22-20(14-30-19-8-9-21(38-3)32-23(19)22)31-18-6-4-16(5-7-18)24(26(27,28)29)33(2)25(35)17-10-12-39(36,37)13-11-17/h4-9,14-15,17,24,31,34H,10-13H2,1-3H3/t15-,24+/m1/s1. The van der Waals surface area contributed by atoms with Crippen LogP contribution >= 0.6 is 0 Å². The summed E-state index contributed by atoms with van der Waals surface area (Å²) in [4.78, 5) is 22.3. The summed E-state index contributed by atoms with van der Waals surface area (Å²) in [5.74, 6) is -1.61. The molecule has 1 saturated heterocycles. The van der Waals surface area contributed by atoms with Crippen molar-refractivity contribution in [2.24, 2.45) is 5.92 Å². The second kappa shape index (κ2) is 11.0. The minimum atomic E-state index is -4.76. The van der Waals surface area contributed by atoms with Crippen molar-refractivity contribution in [2.45, 2.75) is 38.1 Å². The first-order chi connectivity index (χ1) is 18.3. The molecule has 9 nitrogen and oxygen atoms in total. The average Bonchev–Trinajstić information content (AvgIpc) is 2.87. The highest BCUT2D eigenvalue weighted by Crippen LogP contribution is 2.39. The van der Waals surface area contributed by atoms with E-state index in [9.17, 15) is 31.5 Å². The predicted octanol–water partition coefficient (Wildman–Crippen LogP) is 4.32. The molecule has 39 heavy (non-hydrogen) atoms. The Morgan fingerprint density at radius 2 is 1.79 bits per heavy atom. The number of methoxy groups -OCH3 is 1. The second-order valence-electron chi connectivity index (χ2n) is 9.55. The lowest BCUT2D eigenvalue weighted by Gasteiger charge is -2.34. The van der Waals surface area contributed by atoms with E-state index in [0.717, 1.165) is 7.05 Å². The number of anilines is 2. The lowest BCUT2D eigenvalue weighted by atomic mass is 9.98. The number of halogens is 3. The average molecular weight is 567 g/mol. The summed E-state index contributed by atoms with van der Waals surface area (Å²) in [7, 11) is -0.707. The Bertz CT molecular complexity index is 1450. The zero-order valence-corrected chi connectivity index (χ0v) is 22.4. The lowest BCUT2D eigenvalue weighted by Crippen LogP contribution is -2.44. The molecule has 0 aliphatic carbocycles. The van der Waals surface area contributed by atoms with Crippen LogP contribution in [0.4, 0.5) is 24.5 Å². The molecule has 0 spiro atoms. The largest absolute Gasteiger partial charge is 0.481 e. The van der Waals surface area contributed by atoms with Crippen LogP contribution in [0, 0.1) is 5.92 Å². The summed E-state index contributed by atoms with van der Waals surface area (Å²) >= 11 is 0. The summed E-state index contributed by atoms with van der Waals surface area (Å²) < 4.78 is 71.0. The maximum absolute atomic E-state index is 14.1. The first-order valence-corrected chi connectivity index (χ1v) is 14.1. The van der Waals surface area contributed by atoms with E-state index in [2.05, 4.69) is 15.3 Å². The first kappa shape index (κ1) is 28.6. The molecule has 210 valence electrons. The number of aliphatic hydroxyl groups is 1. The van der Waals surface area contributed by atoms with Gasteiger partial charge in [0.25, 0.3) is 0 Å². The number of pyridine rings is 2. The van der Waals surface area contributed by atoms with Crippen molar-refractivity contribution in [3.8, 4) is 5.88 Å². The van der Waals surface area contributed by atoms with Gasteiger partial charge in [-0.3, -0.25) is 9.78 Å². The summed E-state index contributed by atoms with van der Waals surface area (Å²) in [5.41, 5.74) is 2.08. The number of aliphatic hydroxyl groups excluding tert-OH is 1. The van der Waals surface area contributed by atoms with Gasteiger partial charge in [0.15, 0.2) is 6.04 Å². The number of carbonyl (C=O) groups is 1. The van der Waals surface area contributed by atoms with Crippen molar-refractivity contribution in [1.29, 1.82) is 0 Å². The number of hydrogen-bond donors (Lipinski definition) is 2. The van der Waals surface area contributed by atoms with E-state index >= 15 is 0 Å². The Hall–Kier alpha value is -3.45. The number of nitrogens with one attached hydrogen (secondary N) is 1. The Morgan fingerprint density at radius 3 is 2.36 bits per heavy atom. The van der Waals surface area contributed by atoms with Gasteiger partial charge < -0.3 is 20.1 Å². The lowest BCUT2D eigenvalue weighted by molar-refractivity contribution is -0.190. The van der Waals surface area contributed by atoms with Gasteiger partial charge in [-0.2, -0.15) is 13.2 Å². The number of benzene rings is 1. The van der Waals surface area contributed by atoms with E-state index in [-0.39, 0.29) is 29.9 Å². The van der Waals surface area contributed by atoms with Crippen LogP contribution in [0.3, 0.4) is 0 Å². The van der Waals surface area contributed by atoms with Crippen molar-refractivity contribution < 1.29 is 36.2 Å². The van der Waals surface area contributed by atoms with Crippen LogP contribution in [-0.2, 0) is 14.6 Å². The van der Waals surface area contributed by atoms with Gasteiger partial charge in [-0.1, -0.05) is 12.1 Å². The molecule has 2 N–H and O–H groups in total. The van der Waals surface area contributed by atoms with Crippen LogP contribution in [0.1, 0.15) is 43.0 Å². The second-order valence-corrected chi connectivity index (χ2v) is 11.9. The van der Waals surface area contributed by atoms with Gasteiger partial charge in [0, 0.05) is 30.3 Å². The molecule has 0 radical (unpaired) electrons. The van der Waals surface area contributed by atoms with E-state index in [4.69, 9.17) is 4.74 Å². The van der Waals surface area contributed by atoms with Crippen LogP contribution in [0.5, 0.6) is 5.88 Å². The van der Waals surface area contributed by atoms with Crippen LogP contribution in [0.15, 0.2) is 42.6 Å². The molecular weight excluding hydrogens is 537 g/mol. The molecule has 0 bridgehead atoms. The van der Waals surface area contributed by atoms with Crippen LogP contribution in [0.2, 0.25) is 0 Å². The summed E-state index contributed by atoms with van der Waals surface area (Å²) in [6, 6.07) is 6.56. The number of ether oxygens (including phenoxy) is 1. The Kier molecular flexibility index (Phi) is 8.03. The molecule has 1 aliphatic heterocycles. The number of amides is 1. The third kappa shape index (κ3) is 6.25. The molecule has 0 unspecified atom stereocenters. The van der Waals surface area contributed by atoms with E-state index in [1.165, 1.54) is 37.6 Å². The smallest absolute Gasteiger partial charge is 0.413 e. The highest BCUT2D eigenvalue weighted by atomic mass is 32.2. The van der Waals surface area contributed by atoms with Crippen molar-refractivity contribution in [3.63, 3.8) is 0 Å². The topological polar surface area (TPSA) is 122 Å². The van der Waals surface area contributed by atoms with E-state index in [0.29, 0.717) is 38.8 Å². The van der Waals surface area contributed by atoms with Crippen molar-refractivity contribution >= 4 is 38.2 Å². The molecule has 3 aromatic rings. The highest BCUT2D eigenvalue weighted by molar-refractivity contribution is 7.91. The maximum Gasteiger partial charge on any atom is 0.413 e. The van der Waals surface area contributed by atoms with E-state index in [1.54, 1.807) is 19.1 Å². The normalized spacial score (nSPS) is 17.4. The summed E-state index contributed by atoms with van der Waals surface area (Å²) in [5, 5.41) is 13.5. The molecule has 1 aromatic carbocycles. The van der Waals surface area contributed by atoms with Gasteiger partial charge in [0.1, 0.15) is 15.4 Å². The van der Waals surface area contributed by atoms with Crippen LogP contribution in [-0.4, -0.2) is 66.1 Å². The van der Waals surface area contributed by atoms with Crippen LogP contribution in [0.25, 0.3) is 11.0 Å². The van der Waals surface area contributed by atoms with Gasteiger partial charge in [-0.25, -0.2) is 13.4 Å². The highest BCUT2D eigenvalue weighted by Gasteiger charge is 2.46. The quantitative estimate of drug-likeness (QED) is 0.434. The van der Waals surface area contributed by atoms with Crippen molar-refractivity contribution in [1.82, 2.24) is 14.9 Å². The van der Waals surface area contributed by atoms with Crippen molar-refractivity contribution in [2.75, 3.05) is 31.0 Å². The third-order valence-electron chi connectivity index (χ3n) is 6.81. The Labute approximate surface area is 223 Å². The number of nitrogens with zero attached hydrogens (tertiary/aromatic N) is 3. The van der Waals surface area contributed by atoms with Gasteiger partial charge >= 0.3 is 6.18 Å². The number of fused-ring (bicyclic) bond motifs is 1. The zero-order valence-electron chi connectivity index (χ0n) is 21.6. The molecular formula is C26H29F3N4O5S. The fraction of sp³-hybridized carbons (Fsp3) is 0.423. The first-order valence-electron chi connectivity index (χ1n) is 12.2. The zero-order chi connectivity index (χ0) is 28.5. The molecule has 0 saturated carbocycles. The SMILES string of the molecule is COc1ccc2ncc(Nc3ccc([C@H](N(C)C(=O)C4CCS(=O)(=O)CC4)C(F)(F)F)cc3)c([C@@H](C)O)c2n1. The fourth-order valence-corrected chi connectivity index (χ4v) is 6.28. The fourth-order valence-electron chi connectivity index (χ4n) is 4.79. The van der Waals surface area contributed by atoms with Gasteiger partial charge in [-0.15, -0.1) is 0 Å². The van der Waals surface area contributed by atoms with E-state index in [1.807, 2.05) is 0 Å². The Balaban J connectivity index is 1.60. The number of rotatable bonds is 7. The van der Waals surface area contributed by atoms with Gasteiger partial charge in [0.05, 0.1) is 42.1 Å². The maximum atomic E-state index is 14.1. The van der Waals surface area contributed by atoms with Gasteiger partial charge in [-0.05, 0) is 43.5 Å². The number of sulfone groups is 1. The monoisotopic (exact) mass is 566 g/mol. The summed E-state index contributed by atoms with van der Waals surface area (Å²) in [6.45, 7) is 1.56. The number of carbonyl (C=O) groups excluding carboxylic acids is 1. The van der Waals surface area contributed by atoms with E-state index < -0.39 is 40.0 Å². The number of alkyl halides is 3. The number of aromatic nitrogens is 2. The summed E-state index contributed by atoms with van der Waals surface area (Å²) in [6.07, 6.45) is -4.19. The predicted molar refractivity (Wildman–Crippen MR) is 139 cm³/mol. The minimum absolute atomic E-state index is 0.00504. The molecule has 2 atom stereocenters. The molecule has 2 aromatic heterocycles. The molecule has 1 amide bonds. The Morgan fingerprint density at radius 1 is 1.15 bits per heavy atom. The molecule has 1 aliphatic rings. The van der Waals surface area contributed by atoms with Gasteiger partial charge in [0.2, 0.25) is 11.8 Å². The molecule has 13 heteroatoms. The number of hydrogen-bond acceptors (Lipinski definition) is 8. The van der Waals surface area contributed by atoms with Crippen LogP contribution < -0.4 is 10.1 Å². The van der Waals surface area contributed by atoms with Crippen molar-refractivity contribution in [3.05, 3.63) is 53.7 Å². The molecule has 3 heterocycles. The molecule has 1 fully saturated rings.